The number of benzene rings is 1. The predicted octanol–water partition coefficient (Wildman–Crippen LogP) is 1.41. The topological polar surface area (TPSA) is 50.2 Å². The molecule has 2 nitrogen and oxygen atoms in total. The fourth-order valence-corrected chi connectivity index (χ4v) is 1.21. The van der Waals surface area contributed by atoms with E-state index in [2.05, 4.69) is 32.9 Å². The van der Waals surface area contributed by atoms with Crippen LogP contribution >= 0.6 is 0 Å². The van der Waals surface area contributed by atoms with E-state index in [1.807, 2.05) is 18.2 Å². The van der Waals surface area contributed by atoms with Gasteiger partial charge >= 0.3 is 29.6 Å². The normalized spacial score (nSPS) is 7.39. The van der Waals surface area contributed by atoms with Crippen molar-refractivity contribution in [1.29, 1.82) is 0 Å². The van der Waals surface area contributed by atoms with Gasteiger partial charge in [0.2, 0.25) is 0 Å². The zero-order valence-electron chi connectivity index (χ0n) is 12.8. The Morgan fingerprint density at radius 1 is 0.833 bits per heavy atom. The van der Waals surface area contributed by atoms with E-state index >= 15 is 0 Å². The largest absolute Gasteiger partial charge is 1.00 e. The Hall–Kier alpha value is 0.140. The molecule has 0 amide bonds. The van der Waals surface area contributed by atoms with Crippen molar-refractivity contribution in [2.75, 3.05) is 7.11 Å². The molecule has 0 radical (unpaired) electrons. The summed E-state index contributed by atoms with van der Waals surface area (Å²) >= 11 is 0. The van der Waals surface area contributed by atoms with Gasteiger partial charge in [-0.15, -0.1) is 0 Å². The molecule has 0 aliphatic carbocycles. The van der Waals surface area contributed by atoms with Crippen LogP contribution in [0.25, 0.3) is 0 Å². The molecule has 2 N–H and O–H groups in total. The van der Waals surface area contributed by atoms with Crippen LogP contribution in [0.5, 0.6) is 0 Å². The molecule has 1 rings (SSSR count). The molecule has 3 heteroatoms. The van der Waals surface area contributed by atoms with E-state index < -0.39 is 0 Å². The van der Waals surface area contributed by atoms with E-state index in [0.29, 0.717) is 0 Å². The van der Waals surface area contributed by atoms with Crippen molar-refractivity contribution in [3.05, 3.63) is 35.9 Å². The van der Waals surface area contributed by atoms with E-state index in [-0.39, 0.29) is 35.0 Å². The van der Waals surface area contributed by atoms with Gasteiger partial charge in [0, 0.05) is 7.11 Å². The van der Waals surface area contributed by atoms with Gasteiger partial charge < -0.3 is 10.6 Å². The molecule has 0 aliphatic rings. The first-order valence-corrected chi connectivity index (χ1v) is 6.27. The van der Waals surface area contributed by atoms with Gasteiger partial charge in [-0.3, -0.25) is 0 Å². The molecule has 0 spiro atoms. The zero-order chi connectivity index (χ0) is 12.6. The fourth-order valence-electron chi connectivity index (χ4n) is 1.21. The van der Waals surface area contributed by atoms with Crippen LogP contribution < -0.4 is 29.6 Å². The van der Waals surface area contributed by atoms with Gasteiger partial charge in [-0.1, -0.05) is 81.8 Å². The molecular formula is C15H29NaO2. The van der Waals surface area contributed by atoms with Crippen molar-refractivity contribution >= 4 is 0 Å². The Kier molecular flexibility index (Phi) is 38.3. The smallest absolute Gasteiger partial charge is 0.870 e. The molecule has 1 aromatic carbocycles. The van der Waals surface area contributed by atoms with Crippen molar-refractivity contribution in [2.24, 2.45) is 0 Å². The van der Waals surface area contributed by atoms with E-state index in [1.165, 1.54) is 37.7 Å². The first-order valence-electron chi connectivity index (χ1n) is 6.27. The maximum atomic E-state index is 7.00. The summed E-state index contributed by atoms with van der Waals surface area (Å²) in [5.41, 5.74) is 1.32. The minimum absolute atomic E-state index is 0. The summed E-state index contributed by atoms with van der Waals surface area (Å²) in [7, 11) is 1.00. The van der Waals surface area contributed by atoms with Crippen molar-refractivity contribution in [1.82, 2.24) is 0 Å². The summed E-state index contributed by atoms with van der Waals surface area (Å²) in [5.74, 6) is 0. The number of aliphatic hydroxyl groups excluding tert-OH is 1. The van der Waals surface area contributed by atoms with Crippen LogP contribution in [0.3, 0.4) is 0 Å². The molecule has 0 heterocycles. The first-order chi connectivity index (χ1) is 7.81. The summed E-state index contributed by atoms with van der Waals surface area (Å²) < 4.78 is 0. The van der Waals surface area contributed by atoms with Crippen molar-refractivity contribution < 1.29 is 40.1 Å². The van der Waals surface area contributed by atoms with Crippen LogP contribution in [0.15, 0.2) is 30.3 Å². The SMILES string of the molecule is CCCCCCC.CO.Cc1ccccc1.[Na+].[OH-]. The second-order valence-corrected chi connectivity index (χ2v) is 3.72. The van der Waals surface area contributed by atoms with Crippen molar-refractivity contribution in [2.45, 2.75) is 52.9 Å². The van der Waals surface area contributed by atoms with Crippen molar-refractivity contribution in [3.8, 4) is 0 Å². The summed E-state index contributed by atoms with van der Waals surface area (Å²) in [6.07, 6.45) is 7.01. The molecule has 0 fully saturated rings. The molecule has 1 aromatic rings. The number of rotatable bonds is 4. The monoisotopic (exact) mass is 264 g/mol. The van der Waals surface area contributed by atoms with E-state index in [0.717, 1.165) is 7.11 Å². The molecule has 0 saturated heterocycles. The minimum Gasteiger partial charge on any atom is -0.870 e. The summed E-state index contributed by atoms with van der Waals surface area (Å²) in [6.45, 7) is 6.57. The summed E-state index contributed by atoms with van der Waals surface area (Å²) in [4.78, 5) is 0. The van der Waals surface area contributed by atoms with Crippen LogP contribution in [0, 0.1) is 6.92 Å². The average Bonchev–Trinajstić information content (AvgIpc) is 2.34. The minimum atomic E-state index is 0. The number of aliphatic hydroxyl groups is 1. The van der Waals surface area contributed by atoms with E-state index in [1.54, 1.807) is 0 Å². The molecule has 0 atom stereocenters. The molecule has 0 bridgehead atoms. The van der Waals surface area contributed by atoms with E-state index in [9.17, 15) is 0 Å². The molecular weight excluding hydrogens is 235 g/mol. The Labute approximate surface area is 135 Å². The number of unbranched alkanes of at least 4 members (excludes halogenated alkanes) is 4. The molecule has 0 unspecified atom stereocenters. The van der Waals surface area contributed by atoms with Crippen LogP contribution in [-0.2, 0) is 0 Å². The zero-order valence-corrected chi connectivity index (χ0v) is 14.8. The number of hydrogen-bond donors (Lipinski definition) is 1. The Balaban J connectivity index is -0.0000000871. The second-order valence-electron chi connectivity index (χ2n) is 3.72. The quantitative estimate of drug-likeness (QED) is 0.660. The van der Waals surface area contributed by atoms with Crippen LogP contribution in [0.1, 0.15) is 51.5 Å². The molecule has 0 aromatic heterocycles. The van der Waals surface area contributed by atoms with Gasteiger partial charge in [0.25, 0.3) is 0 Å². The average molecular weight is 264 g/mol. The Morgan fingerprint density at radius 2 is 1.22 bits per heavy atom. The van der Waals surface area contributed by atoms with Crippen LogP contribution in [0.2, 0.25) is 0 Å². The third kappa shape index (κ3) is 25.1. The summed E-state index contributed by atoms with van der Waals surface area (Å²) in [6, 6.07) is 10.3. The Bertz CT molecular complexity index is 199. The molecule has 102 valence electrons. The van der Waals surface area contributed by atoms with Gasteiger partial charge in [-0.05, 0) is 6.92 Å². The molecule has 18 heavy (non-hydrogen) atoms. The first kappa shape index (κ1) is 26.7. The predicted molar refractivity (Wildman–Crippen MR) is 75.7 cm³/mol. The third-order valence-electron chi connectivity index (χ3n) is 2.15. The Morgan fingerprint density at radius 3 is 1.44 bits per heavy atom. The van der Waals surface area contributed by atoms with Gasteiger partial charge in [0.15, 0.2) is 0 Å². The molecule has 0 aliphatic heterocycles. The van der Waals surface area contributed by atoms with Crippen LogP contribution in [0.4, 0.5) is 0 Å². The maximum Gasteiger partial charge on any atom is 1.00 e. The van der Waals surface area contributed by atoms with Crippen molar-refractivity contribution in [3.63, 3.8) is 0 Å². The third-order valence-corrected chi connectivity index (χ3v) is 2.15. The second kappa shape index (κ2) is 25.9. The van der Waals surface area contributed by atoms with E-state index in [4.69, 9.17) is 5.11 Å². The van der Waals surface area contributed by atoms with Gasteiger partial charge in [0.05, 0.1) is 0 Å². The molecule has 0 saturated carbocycles. The van der Waals surface area contributed by atoms with Gasteiger partial charge in [0.1, 0.15) is 0 Å². The van der Waals surface area contributed by atoms with Crippen LogP contribution in [-0.4, -0.2) is 17.7 Å². The number of aryl methyl sites for hydroxylation is 1. The number of hydrogen-bond acceptors (Lipinski definition) is 2. The maximum absolute atomic E-state index is 7.00. The standard InChI is InChI=1S/C7H8.C7H16.CH4O.Na.H2O/c1-7-5-3-2-4-6-7;1-3-5-7-6-4-2;1-2;;/h2-6H,1H3;3-7H2,1-2H3;2H,1H3;;1H2/q;;;+1;/p-1. The summed E-state index contributed by atoms with van der Waals surface area (Å²) in [5, 5.41) is 7.00. The fraction of sp³-hybridized carbons (Fsp3) is 0.600. The van der Waals surface area contributed by atoms with Gasteiger partial charge in [-0.2, -0.15) is 0 Å². The van der Waals surface area contributed by atoms with Gasteiger partial charge in [-0.25, -0.2) is 0 Å².